The van der Waals surface area contributed by atoms with Crippen LogP contribution < -0.4 is 0 Å². The number of carbonyl (C=O) groups is 1. The van der Waals surface area contributed by atoms with Crippen LogP contribution >= 0.6 is 0 Å². The summed E-state index contributed by atoms with van der Waals surface area (Å²) in [5, 5.41) is 13.0. The lowest BCUT2D eigenvalue weighted by molar-refractivity contribution is 0.0168. The minimum absolute atomic E-state index is 0.175. The fourth-order valence-corrected chi connectivity index (χ4v) is 3.61. The van der Waals surface area contributed by atoms with Gasteiger partial charge in [0.15, 0.2) is 0 Å². The summed E-state index contributed by atoms with van der Waals surface area (Å²) < 4.78 is 6.07. The monoisotopic (exact) mass is 299 g/mol. The van der Waals surface area contributed by atoms with Crippen LogP contribution in [0.25, 0.3) is 10.4 Å². The zero-order valence-corrected chi connectivity index (χ0v) is 13.7. The molecule has 0 aromatic rings. The van der Waals surface area contributed by atoms with Crippen LogP contribution in [0.5, 0.6) is 0 Å². The molecule has 0 aliphatic carbocycles. The average molecular weight is 299 g/mol. The molecule has 20 heavy (non-hydrogen) atoms. The summed E-state index contributed by atoms with van der Waals surface area (Å²) in [6.45, 7) is 10.5. The molecule has 1 amide bonds. The van der Waals surface area contributed by atoms with Crippen molar-refractivity contribution in [2.45, 2.75) is 58.5 Å². The molecule has 1 saturated heterocycles. The van der Waals surface area contributed by atoms with Crippen LogP contribution in [0.15, 0.2) is 5.11 Å². The van der Waals surface area contributed by atoms with E-state index in [2.05, 4.69) is 10.0 Å². The normalized spacial score (nSPS) is 24.6. The number of azide groups is 1. The van der Waals surface area contributed by atoms with E-state index in [1.54, 1.807) is 0 Å². The highest BCUT2D eigenvalue weighted by atomic mass is 28.3. The van der Waals surface area contributed by atoms with Crippen molar-refractivity contribution in [3.63, 3.8) is 0 Å². The summed E-state index contributed by atoms with van der Waals surface area (Å²) in [5.74, 6) is 0. The molecular weight excluding hydrogens is 276 g/mol. The minimum atomic E-state index is -0.982. The number of likely N-dealkylation sites (tertiary alicyclic amines) is 1. The zero-order chi connectivity index (χ0) is 15.5. The van der Waals surface area contributed by atoms with Gasteiger partial charge in [0.1, 0.15) is 0 Å². The van der Waals surface area contributed by atoms with Crippen LogP contribution in [-0.4, -0.2) is 49.9 Å². The summed E-state index contributed by atoms with van der Waals surface area (Å²) >= 11 is 0. The Kier molecular flexibility index (Phi) is 5.44. The molecule has 3 unspecified atom stereocenters. The van der Waals surface area contributed by atoms with Gasteiger partial charge < -0.3 is 14.4 Å². The van der Waals surface area contributed by atoms with E-state index in [1.165, 1.54) is 4.90 Å². The molecule has 0 aromatic carbocycles. The maximum atomic E-state index is 11.4. The van der Waals surface area contributed by atoms with Gasteiger partial charge in [-0.05, 0) is 30.5 Å². The van der Waals surface area contributed by atoms with Crippen LogP contribution in [0, 0.1) is 5.41 Å². The van der Waals surface area contributed by atoms with E-state index in [0.29, 0.717) is 6.42 Å². The van der Waals surface area contributed by atoms with Crippen molar-refractivity contribution < 1.29 is 14.3 Å². The van der Waals surface area contributed by atoms with Crippen molar-refractivity contribution in [2.75, 3.05) is 6.54 Å². The molecular formula is C12H23N4O3Si. The molecule has 1 aliphatic heterocycles. The first-order valence-electron chi connectivity index (χ1n) is 6.67. The van der Waals surface area contributed by atoms with E-state index < -0.39 is 15.1 Å². The largest absolute Gasteiger partial charge is 0.465 e. The highest BCUT2D eigenvalue weighted by molar-refractivity contribution is 6.48. The predicted molar refractivity (Wildman–Crippen MR) is 77.9 cm³/mol. The Morgan fingerprint density at radius 3 is 2.55 bits per heavy atom. The molecule has 0 bridgehead atoms. The number of hydrogen-bond acceptors (Lipinski definition) is 3. The van der Waals surface area contributed by atoms with Gasteiger partial charge in [0, 0.05) is 11.5 Å². The van der Waals surface area contributed by atoms with Crippen LogP contribution in [-0.2, 0) is 4.43 Å². The number of carboxylic acid groups (broad SMARTS) is 1. The van der Waals surface area contributed by atoms with Crippen molar-refractivity contribution >= 4 is 15.1 Å². The van der Waals surface area contributed by atoms with E-state index in [4.69, 9.17) is 9.96 Å². The molecule has 7 nitrogen and oxygen atoms in total. The first-order valence-corrected chi connectivity index (χ1v) is 9.08. The number of rotatable bonds is 4. The molecule has 8 heteroatoms. The summed E-state index contributed by atoms with van der Waals surface area (Å²) in [6.07, 6.45) is -0.654. The summed E-state index contributed by atoms with van der Waals surface area (Å²) in [6, 6.07) is -0.568. The molecule has 1 heterocycles. The van der Waals surface area contributed by atoms with Gasteiger partial charge in [-0.15, -0.1) is 0 Å². The molecule has 113 valence electrons. The fourth-order valence-electron chi connectivity index (χ4n) is 2.59. The zero-order valence-electron chi connectivity index (χ0n) is 12.7. The smallest absolute Gasteiger partial charge is 0.407 e. The third kappa shape index (κ3) is 4.13. The Bertz CT molecular complexity index is 404. The molecule has 3 atom stereocenters. The Morgan fingerprint density at radius 1 is 1.55 bits per heavy atom. The van der Waals surface area contributed by atoms with Crippen molar-refractivity contribution in [2.24, 2.45) is 10.5 Å². The van der Waals surface area contributed by atoms with Gasteiger partial charge >= 0.3 is 6.09 Å². The SMILES string of the molecule is C[Si](C)OC(C1CC(N=[N+]=[N-])CN1C(=O)O)C(C)(C)C. The minimum Gasteiger partial charge on any atom is -0.465 e. The standard InChI is InChI=1S/C12H23N4O3Si/c1-12(2,3)10(19-20(4)5)9-6-8(14-15-13)7-16(9)11(17)18/h8-10H,6-7H2,1-5H3,(H,17,18). The molecule has 1 radical (unpaired) electrons. The Morgan fingerprint density at radius 2 is 2.15 bits per heavy atom. The second-order valence-corrected chi connectivity index (χ2v) is 8.46. The Labute approximate surface area is 121 Å². The lowest BCUT2D eigenvalue weighted by Gasteiger charge is -2.39. The van der Waals surface area contributed by atoms with Crippen LogP contribution in [0.4, 0.5) is 4.79 Å². The molecule has 1 fully saturated rings. The first-order chi connectivity index (χ1) is 9.16. The van der Waals surface area contributed by atoms with Crippen molar-refractivity contribution in [1.29, 1.82) is 0 Å². The molecule has 0 saturated carbocycles. The quantitative estimate of drug-likeness (QED) is 0.373. The van der Waals surface area contributed by atoms with E-state index in [0.717, 1.165) is 0 Å². The van der Waals surface area contributed by atoms with E-state index in [9.17, 15) is 9.90 Å². The van der Waals surface area contributed by atoms with Gasteiger partial charge in [0.05, 0.1) is 18.2 Å². The summed E-state index contributed by atoms with van der Waals surface area (Å²) in [5.41, 5.74) is 8.37. The second kappa shape index (κ2) is 6.47. The van der Waals surface area contributed by atoms with E-state index in [-0.39, 0.29) is 30.1 Å². The Hall–Kier alpha value is -1.24. The Balaban J connectivity index is 3.02. The van der Waals surface area contributed by atoms with Crippen molar-refractivity contribution in [3.8, 4) is 0 Å². The van der Waals surface area contributed by atoms with Crippen LogP contribution in [0.1, 0.15) is 27.2 Å². The highest BCUT2D eigenvalue weighted by Gasteiger charge is 2.44. The van der Waals surface area contributed by atoms with Gasteiger partial charge in [-0.2, -0.15) is 0 Å². The fraction of sp³-hybridized carbons (Fsp3) is 0.917. The number of amides is 1. The molecule has 1 rings (SSSR count). The third-order valence-electron chi connectivity index (χ3n) is 3.35. The van der Waals surface area contributed by atoms with Gasteiger partial charge in [0.25, 0.3) is 0 Å². The second-order valence-electron chi connectivity index (χ2n) is 6.41. The average Bonchev–Trinajstić information content (AvgIpc) is 2.68. The van der Waals surface area contributed by atoms with E-state index >= 15 is 0 Å². The van der Waals surface area contributed by atoms with Crippen LogP contribution in [0.2, 0.25) is 13.1 Å². The maximum Gasteiger partial charge on any atom is 0.407 e. The number of nitrogens with zero attached hydrogens (tertiary/aromatic N) is 4. The number of hydrogen-bond donors (Lipinski definition) is 1. The van der Waals surface area contributed by atoms with Gasteiger partial charge in [-0.3, -0.25) is 0 Å². The van der Waals surface area contributed by atoms with Gasteiger partial charge in [-0.1, -0.05) is 25.9 Å². The van der Waals surface area contributed by atoms with Gasteiger partial charge in [-0.25, -0.2) is 4.79 Å². The first kappa shape index (κ1) is 16.8. The van der Waals surface area contributed by atoms with Crippen molar-refractivity contribution in [1.82, 2.24) is 4.90 Å². The highest BCUT2D eigenvalue weighted by Crippen LogP contribution is 2.34. The summed E-state index contributed by atoms with van der Waals surface area (Å²) in [4.78, 5) is 15.6. The van der Waals surface area contributed by atoms with Gasteiger partial charge in [0.2, 0.25) is 9.04 Å². The maximum absolute atomic E-state index is 11.4. The third-order valence-corrected chi connectivity index (χ3v) is 4.07. The van der Waals surface area contributed by atoms with E-state index in [1.807, 2.05) is 33.9 Å². The van der Waals surface area contributed by atoms with Crippen molar-refractivity contribution in [3.05, 3.63) is 10.4 Å². The lowest BCUT2D eigenvalue weighted by Crippen LogP contribution is -2.50. The predicted octanol–water partition coefficient (Wildman–Crippen LogP) is 3.10. The van der Waals surface area contributed by atoms with Crippen LogP contribution in [0.3, 0.4) is 0 Å². The molecule has 1 N–H and O–H groups in total. The summed E-state index contributed by atoms with van der Waals surface area (Å²) in [7, 11) is -0.953. The molecule has 1 aliphatic rings. The molecule has 0 aromatic heterocycles. The topological polar surface area (TPSA) is 98.5 Å². The molecule has 0 spiro atoms. The lowest BCUT2D eigenvalue weighted by atomic mass is 9.83.